The number of ether oxygens (including phenoxy) is 1. The van der Waals surface area contributed by atoms with Crippen LogP contribution in [-0.4, -0.2) is 34.1 Å². The van der Waals surface area contributed by atoms with Gasteiger partial charge in [-0.3, -0.25) is 4.79 Å². The van der Waals surface area contributed by atoms with Crippen LogP contribution in [0, 0.1) is 5.92 Å². The van der Waals surface area contributed by atoms with Gasteiger partial charge in [-0.1, -0.05) is 19.9 Å². The minimum Gasteiger partial charge on any atom is -0.383 e. The number of amides is 1. The number of hydrogen-bond donors (Lipinski definition) is 2. The average Bonchev–Trinajstić information content (AvgIpc) is 3.13. The lowest BCUT2D eigenvalue weighted by molar-refractivity contribution is 0.0926. The molecule has 0 bridgehead atoms. The standard InChI is InChI=1S/C19H26N2O4S2/c1-13(2)18(17-6-5-11-26-17)20-19(22)15-7-9-16(10-8-15)27(23,24)21-14(3)12-25-4/h5-11,13-14,18,21H,12H2,1-4H3,(H,20,22)/t14-,18+/m1/s1. The molecule has 6 nitrogen and oxygen atoms in total. The van der Waals surface area contributed by atoms with E-state index in [4.69, 9.17) is 4.74 Å². The number of sulfonamides is 1. The highest BCUT2D eigenvalue weighted by Gasteiger charge is 2.21. The highest BCUT2D eigenvalue weighted by molar-refractivity contribution is 7.89. The third-order valence-corrected chi connectivity index (χ3v) is 6.56. The van der Waals surface area contributed by atoms with Crippen LogP contribution in [0.5, 0.6) is 0 Å². The quantitative estimate of drug-likeness (QED) is 0.665. The summed E-state index contributed by atoms with van der Waals surface area (Å²) in [6.07, 6.45) is 0. The molecule has 0 aliphatic carbocycles. The van der Waals surface area contributed by atoms with Crippen molar-refractivity contribution in [2.45, 2.75) is 37.8 Å². The molecule has 2 aromatic rings. The van der Waals surface area contributed by atoms with Gasteiger partial charge in [0.15, 0.2) is 0 Å². The van der Waals surface area contributed by atoms with Crippen LogP contribution in [0.4, 0.5) is 0 Å². The second-order valence-corrected chi connectivity index (χ2v) is 9.41. The Balaban J connectivity index is 2.11. The summed E-state index contributed by atoms with van der Waals surface area (Å²) < 4.78 is 32.2. The van der Waals surface area contributed by atoms with Gasteiger partial charge >= 0.3 is 0 Å². The monoisotopic (exact) mass is 410 g/mol. The summed E-state index contributed by atoms with van der Waals surface area (Å²) in [5.74, 6) is 0.00508. The van der Waals surface area contributed by atoms with Crippen molar-refractivity contribution in [2.24, 2.45) is 5.92 Å². The molecule has 2 N–H and O–H groups in total. The van der Waals surface area contributed by atoms with Crippen LogP contribution in [0.15, 0.2) is 46.7 Å². The van der Waals surface area contributed by atoms with Crippen LogP contribution in [0.25, 0.3) is 0 Å². The fourth-order valence-corrected chi connectivity index (χ4v) is 4.84. The molecule has 0 spiro atoms. The molecule has 2 atom stereocenters. The van der Waals surface area contributed by atoms with Crippen LogP contribution < -0.4 is 10.0 Å². The van der Waals surface area contributed by atoms with E-state index in [0.717, 1.165) is 4.88 Å². The van der Waals surface area contributed by atoms with Crippen molar-refractivity contribution in [2.75, 3.05) is 13.7 Å². The Labute approximate surface area is 165 Å². The van der Waals surface area contributed by atoms with Gasteiger partial charge in [-0.25, -0.2) is 13.1 Å². The largest absolute Gasteiger partial charge is 0.383 e. The first-order valence-corrected chi connectivity index (χ1v) is 11.1. The summed E-state index contributed by atoms with van der Waals surface area (Å²) >= 11 is 1.60. The number of thiophene rings is 1. The second-order valence-electron chi connectivity index (χ2n) is 6.71. The van der Waals surface area contributed by atoms with E-state index in [-0.39, 0.29) is 35.4 Å². The average molecular weight is 411 g/mol. The molecule has 27 heavy (non-hydrogen) atoms. The topological polar surface area (TPSA) is 84.5 Å². The van der Waals surface area contributed by atoms with Gasteiger partial charge in [-0.2, -0.15) is 0 Å². The number of rotatable bonds is 9. The zero-order valence-corrected chi connectivity index (χ0v) is 17.6. The van der Waals surface area contributed by atoms with Crippen molar-refractivity contribution in [1.82, 2.24) is 10.0 Å². The van der Waals surface area contributed by atoms with E-state index < -0.39 is 10.0 Å². The number of carbonyl (C=O) groups is 1. The Morgan fingerprint density at radius 3 is 2.33 bits per heavy atom. The van der Waals surface area contributed by atoms with Crippen LogP contribution in [0.2, 0.25) is 0 Å². The highest BCUT2D eigenvalue weighted by atomic mass is 32.2. The summed E-state index contributed by atoms with van der Waals surface area (Å²) in [7, 11) is -2.14. The molecule has 0 fully saturated rings. The summed E-state index contributed by atoms with van der Waals surface area (Å²) in [6, 6.07) is 9.45. The number of hydrogen-bond acceptors (Lipinski definition) is 5. The first-order chi connectivity index (χ1) is 12.7. The minimum absolute atomic E-state index is 0.0857. The van der Waals surface area contributed by atoms with Crippen molar-refractivity contribution >= 4 is 27.3 Å². The third-order valence-electron chi connectivity index (χ3n) is 4.00. The SMILES string of the molecule is COC[C@@H](C)NS(=O)(=O)c1ccc(C(=O)N[C@H](c2cccs2)C(C)C)cc1. The molecule has 0 aliphatic rings. The van der Waals surface area contributed by atoms with Gasteiger partial charge in [0.25, 0.3) is 5.91 Å². The third kappa shape index (κ3) is 5.87. The van der Waals surface area contributed by atoms with Crippen molar-refractivity contribution in [3.8, 4) is 0 Å². The Morgan fingerprint density at radius 1 is 1.15 bits per heavy atom. The molecule has 8 heteroatoms. The Bertz CT molecular complexity index is 831. The Kier molecular flexibility index (Phi) is 7.55. The number of nitrogens with one attached hydrogen (secondary N) is 2. The van der Waals surface area contributed by atoms with E-state index in [0.29, 0.717) is 5.56 Å². The molecule has 0 aliphatic heterocycles. The van der Waals surface area contributed by atoms with Crippen LogP contribution >= 0.6 is 11.3 Å². The van der Waals surface area contributed by atoms with E-state index in [2.05, 4.69) is 10.0 Å². The van der Waals surface area contributed by atoms with Crippen molar-refractivity contribution < 1.29 is 17.9 Å². The van der Waals surface area contributed by atoms with Gasteiger partial charge in [0, 0.05) is 23.6 Å². The molecule has 0 radical (unpaired) electrons. The second kappa shape index (κ2) is 9.45. The maximum atomic E-state index is 12.6. The molecule has 2 rings (SSSR count). The zero-order chi connectivity index (χ0) is 20.0. The molecule has 1 heterocycles. The van der Waals surface area contributed by atoms with E-state index >= 15 is 0 Å². The van der Waals surface area contributed by atoms with Gasteiger partial charge in [0.2, 0.25) is 10.0 Å². The Hall–Kier alpha value is -1.74. The molecule has 148 valence electrons. The minimum atomic E-state index is -3.66. The maximum Gasteiger partial charge on any atom is 0.251 e. The highest BCUT2D eigenvalue weighted by Crippen LogP contribution is 2.26. The van der Waals surface area contributed by atoms with Gasteiger partial charge in [0.05, 0.1) is 17.5 Å². The number of carbonyl (C=O) groups excluding carboxylic acids is 1. The molecule has 0 unspecified atom stereocenters. The predicted molar refractivity (Wildman–Crippen MR) is 107 cm³/mol. The lowest BCUT2D eigenvalue weighted by Crippen LogP contribution is -2.35. The van der Waals surface area contributed by atoms with Gasteiger partial charge in [-0.15, -0.1) is 11.3 Å². The van der Waals surface area contributed by atoms with Crippen molar-refractivity contribution in [3.05, 3.63) is 52.2 Å². The van der Waals surface area contributed by atoms with Gasteiger partial charge < -0.3 is 10.1 Å². The van der Waals surface area contributed by atoms with E-state index in [1.807, 2.05) is 31.4 Å². The molecule has 1 aromatic heterocycles. The molecular weight excluding hydrogens is 384 g/mol. The van der Waals surface area contributed by atoms with Crippen LogP contribution in [-0.2, 0) is 14.8 Å². The van der Waals surface area contributed by atoms with Crippen LogP contribution in [0.3, 0.4) is 0 Å². The van der Waals surface area contributed by atoms with E-state index in [1.165, 1.54) is 31.4 Å². The zero-order valence-electron chi connectivity index (χ0n) is 15.9. The smallest absolute Gasteiger partial charge is 0.251 e. The summed E-state index contributed by atoms with van der Waals surface area (Å²) in [5, 5.41) is 5.01. The fraction of sp³-hybridized carbons (Fsp3) is 0.421. The number of methoxy groups -OCH3 is 1. The van der Waals surface area contributed by atoms with Crippen LogP contribution in [0.1, 0.15) is 42.0 Å². The fourth-order valence-electron chi connectivity index (χ4n) is 2.66. The maximum absolute atomic E-state index is 12.6. The van der Waals surface area contributed by atoms with Crippen molar-refractivity contribution in [3.63, 3.8) is 0 Å². The lowest BCUT2D eigenvalue weighted by Gasteiger charge is -2.21. The molecule has 0 saturated carbocycles. The molecular formula is C19H26N2O4S2. The van der Waals surface area contributed by atoms with E-state index in [9.17, 15) is 13.2 Å². The predicted octanol–water partition coefficient (Wildman–Crippen LogP) is 3.19. The number of benzene rings is 1. The Morgan fingerprint density at radius 2 is 1.81 bits per heavy atom. The van der Waals surface area contributed by atoms with E-state index in [1.54, 1.807) is 18.3 Å². The first-order valence-electron chi connectivity index (χ1n) is 8.70. The molecule has 0 saturated heterocycles. The first kappa shape index (κ1) is 21.6. The lowest BCUT2D eigenvalue weighted by atomic mass is 10.0. The summed E-state index contributed by atoms with van der Waals surface area (Å²) in [6.45, 7) is 6.10. The van der Waals surface area contributed by atoms with Gasteiger partial charge in [0.1, 0.15) is 0 Å². The van der Waals surface area contributed by atoms with Gasteiger partial charge in [-0.05, 0) is 48.6 Å². The molecule has 1 amide bonds. The summed E-state index contributed by atoms with van der Waals surface area (Å²) in [5.41, 5.74) is 0.418. The summed E-state index contributed by atoms with van der Waals surface area (Å²) in [4.78, 5) is 13.8. The molecule has 1 aromatic carbocycles. The van der Waals surface area contributed by atoms with Crippen molar-refractivity contribution in [1.29, 1.82) is 0 Å². The normalized spacial score (nSPS) is 14.1.